The Morgan fingerprint density at radius 3 is 2.29 bits per heavy atom. The molecule has 1 saturated carbocycles. The summed E-state index contributed by atoms with van der Waals surface area (Å²) in [5.74, 6) is -1.19. The molecule has 4 rings (SSSR count). The van der Waals surface area contributed by atoms with E-state index >= 15 is 0 Å². The van der Waals surface area contributed by atoms with Gasteiger partial charge in [0.25, 0.3) is 5.91 Å². The molecule has 0 spiro atoms. The first kappa shape index (κ1) is 18.2. The molecular weight excluding hydrogens is 364 g/mol. The van der Waals surface area contributed by atoms with Crippen molar-refractivity contribution in [2.45, 2.75) is 18.9 Å². The molecule has 2 heterocycles. The molecule has 1 aliphatic carbocycles. The number of carbonyl (C=O) groups excluding carboxylic acids is 3. The fourth-order valence-corrected chi connectivity index (χ4v) is 3.05. The van der Waals surface area contributed by atoms with Crippen molar-refractivity contribution in [1.29, 1.82) is 0 Å². The third-order valence-corrected chi connectivity index (χ3v) is 4.97. The fourth-order valence-electron chi connectivity index (χ4n) is 3.05. The van der Waals surface area contributed by atoms with Gasteiger partial charge in [-0.1, -0.05) is 35.5 Å². The van der Waals surface area contributed by atoms with Gasteiger partial charge in [0.15, 0.2) is 0 Å². The zero-order valence-corrected chi connectivity index (χ0v) is 15.0. The van der Waals surface area contributed by atoms with Gasteiger partial charge in [-0.25, -0.2) is 0 Å². The Bertz CT molecular complexity index is 871. The standard InChI is InChI=1S/C19H20N4O5/c24-17(21-22-18(25)13-9-27-10-13)12-6-14(7-12)20-19(26)16-8-15(23-28-16)11-4-2-1-3-5-11/h1-5,8,12-14H,6-7,9-10H2,(H,20,26)(H,21,24)(H,22,25). The summed E-state index contributed by atoms with van der Waals surface area (Å²) in [6.45, 7) is 0.764. The molecule has 146 valence electrons. The number of hydrogen-bond acceptors (Lipinski definition) is 6. The second kappa shape index (κ2) is 7.81. The molecule has 2 aliphatic rings. The van der Waals surface area contributed by atoms with Crippen LogP contribution in [0.5, 0.6) is 0 Å². The summed E-state index contributed by atoms with van der Waals surface area (Å²) in [5.41, 5.74) is 6.28. The van der Waals surface area contributed by atoms with E-state index in [1.54, 1.807) is 6.07 Å². The minimum Gasteiger partial charge on any atom is -0.380 e. The number of nitrogens with zero attached hydrogens (tertiary/aromatic N) is 1. The normalized spacial score (nSPS) is 21.1. The van der Waals surface area contributed by atoms with Crippen LogP contribution in [0.15, 0.2) is 40.9 Å². The topological polar surface area (TPSA) is 123 Å². The van der Waals surface area contributed by atoms with Crippen molar-refractivity contribution in [2.75, 3.05) is 13.2 Å². The van der Waals surface area contributed by atoms with Gasteiger partial charge in [-0.3, -0.25) is 25.2 Å². The maximum absolute atomic E-state index is 12.3. The molecule has 28 heavy (non-hydrogen) atoms. The van der Waals surface area contributed by atoms with Crippen LogP contribution < -0.4 is 16.2 Å². The first-order valence-electron chi connectivity index (χ1n) is 9.10. The third kappa shape index (κ3) is 3.89. The van der Waals surface area contributed by atoms with E-state index in [1.165, 1.54) is 0 Å². The first-order chi connectivity index (χ1) is 13.6. The Balaban J connectivity index is 1.21. The van der Waals surface area contributed by atoms with Crippen molar-refractivity contribution < 1.29 is 23.6 Å². The summed E-state index contributed by atoms with van der Waals surface area (Å²) in [5, 5.41) is 6.75. The highest BCUT2D eigenvalue weighted by Crippen LogP contribution is 2.28. The molecule has 2 aromatic rings. The van der Waals surface area contributed by atoms with Gasteiger partial charge >= 0.3 is 0 Å². The van der Waals surface area contributed by atoms with Gasteiger partial charge in [-0.2, -0.15) is 0 Å². The molecule has 0 bridgehead atoms. The number of rotatable bonds is 5. The van der Waals surface area contributed by atoms with E-state index in [1.807, 2.05) is 30.3 Å². The second-order valence-electron chi connectivity index (χ2n) is 6.99. The lowest BCUT2D eigenvalue weighted by atomic mass is 9.79. The highest BCUT2D eigenvalue weighted by molar-refractivity contribution is 5.93. The van der Waals surface area contributed by atoms with Crippen LogP contribution in [0.4, 0.5) is 0 Å². The van der Waals surface area contributed by atoms with Crippen molar-refractivity contribution in [2.24, 2.45) is 11.8 Å². The largest absolute Gasteiger partial charge is 0.380 e. The van der Waals surface area contributed by atoms with Crippen molar-refractivity contribution in [3.63, 3.8) is 0 Å². The van der Waals surface area contributed by atoms with Crippen LogP contribution in [0.2, 0.25) is 0 Å². The Hall–Kier alpha value is -3.20. The number of carbonyl (C=O) groups is 3. The highest BCUT2D eigenvalue weighted by Gasteiger charge is 2.36. The van der Waals surface area contributed by atoms with Gasteiger partial charge in [0.1, 0.15) is 5.69 Å². The third-order valence-electron chi connectivity index (χ3n) is 4.97. The summed E-state index contributed by atoms with van der Waals surface area (Å²) in [6.07, 6.45) is 0.999. The van der Waals surface area contributed by atoms with E-state index in [2.05, 4.69) is 21.3 Å². The van der Waals surface area contributed by atoms with Crippen LogP contribution in [0.25, 0.3) is 11.3 Å². The number of aromatic nitrogens is 1. The highest BCUT2D eigenvalue weighted by atomic mass is 16.5. The smallest absolute Gasteiger partial charge is 0.290 e. The lowest BCUT2D eigenvalue weighted by molar-refractivity contribution is -0.143. The van der Waals surface area contributed by atoms with E-state index in [9.17, 15) is 14.4 Å². The number of amides is 3. The molecule has 1 saturated heterocycles. The van der Waals surface area contributed by atoms with Crippen LogP contribution in [0.1, 0.15) is 23.4 Å². The molecule has 3 amide bonds. The zero-order chi connectivity index (χ0) is 19.5. The average molecular weight is 384 g/mol. The predicted octanol–water partition coefficient (Wildman–Crippen LogP) is 0.644. The lowest BCUT2D eigenvalue weighted by Crippen LogP contribution is -2.55. The van der Waals surface area contributed by atoms with Gasteiger partial charge < -0.3 is 14.6 Å². The Morgan fingerprint density at radius 2 is 1.64 bits per heavy atom. The summed E-state index contributed by atoms with van der Waals surface area (Å²) in [7, 11) is 0. The van der Waals surface area contributed by atoms with Crippen molar-refractivity contribution in [1.82, 2.24) is 21.3 Å². The maximum atomic E-state index is 12.3. The number of nitrogens with one attached hydrogen (secondary N) is 3. The molecule has 0 unspecified atom stereocenters. The summed E-state index contributed by atoms with van der Waals surface area (Å²) in [4.78, 5) is 36.0. The quantitative estimate of drug-likeness (QED) is 0.651. The molecule has 1 aromatic heterocycles. The number of ether oxygens (including phenoxy) is 1. The molecule has 1 aromatic carbocycles. The van der Waals surface area contributed by atoms with Gasteiger partial charge in [0.2, 0.25) is 17.6 Å². The first-order valence-corrected chi connectivity index (χ1v) is 9.10. The SMILES string of the molecule is O=C(NC1CC(C(=O)NNC(=O)C2COC2)C1)c1cc(-c2ccccc2)no1. The Kier molecular flexibility index (Phi) is 5.07. The predicted molar refractivity (Wildman–Crippen MR) is 96.5 cm³/mol. The van der Waals surface area contributed by atoms with E-state index in [0.717, 1.165) is 5.56 Å². The molecule has 9 heteroatoms. The number of hydrogen-bond donors (Lipinski definition) is 3. The Morgan fingerprint density at radius 1 is 0.964 bits per heavy atom. The number of benzene rings is 1. The van der Waals surface area contributed by atoms with Crippen molar-refractivity contribution in [3.8, 4) is 11.3 Å². The molecule has 2 fully saturated rings. The fraction of sp³-hybridized carbons (Fsp3) is 0.368. The molecule has 0 atom stereocenters. The van der Waals surface area contributed by atoms with E-state index in [4.69, 9.17) is 9.26 Å². The van der Waals surface area contributed by atoms with Gasteiger partial charge in [-0.05, 0) is 12.8 Å². The number of hydrazine groups is 1. The molecular formula is C19H20N4O5. The minimum atomic E-state index is -0.364. The van der Waals surface area contributed by atoms with E-state index in [-0.39, 0.29) is 41.4 Å². The molecule has 9 nitrogen and oxygen atoms in total. The summed E-state index contributed by atoms with van der Waals surface area (Å²) < 4.78 is 10.1. The summed E-state index contributed by atoms with van der Waals surface area (Å²) >= 11 is 0. The molecule has 0 radical (unpaired) electrons. The van der Waals surface area contributed by atoms with Gasteiger partial charge in [0.05, 0.1) is 19.1 Å². The van der Waals surface area contributed by atoms with Crippen LogP contribution in [0.3, 0.4) is 0 Å². The minimum absolute atomic E-state index is 0.121. The maximum Gasteiger partial charge on any atom is 0.290 e. The zero-order valence-electron chi connectivity index (χ0n) is 15.0. The van der Waals surface area contributed by atoms with Crippen LogP contribution in [-0.2, 0) is 14.3 Å². The average Bonchev–Trinajstić information content (AvgIpc) is 3.12. The van der Waals surface area contributed by atoms with Gasteiger partial charge in [-0.15, -0.1) is 0 Å². The summed E-state index contributed by atoms with van der Waals surface area (Å²) in [6, 6.07) is 10.9. The van der Waals surface area contributed by atoms with Crippen molar-refractivity contribution in [3.05, 3.63) is 42.2 Å². The molecule has 1 aliphatic heterocycles. The second-order valence-corrected chi connectivity index (χ2v) is 6.99. The molecule has 3 N–H and O–H groups in total. The lowest BCUT2D eigenvalue weighted by Gasteiger charge is -2.34. The monoisotopic (exact) mass is 384 g/mol. The van der Waals surface area contributed by atoms with Gasteiger partial charge in [0, 0.05) is 23.6 Å². The van der Waals surface area contributed by atoms with Crippen LogP contribution in [0, 0.1) is 11.8 Å². The van der Waals surface area contributed by atoms with Crippen LogP contribution >= 0.6 is 0 Å². The van der Waals surface area contributed by atoms with Crippen LogP contribution in [-0.4, -0.2) is 42.1 Å². The van der Waals surface area contributed by atoms with E-state index < -0.39 is 0 Å². The van der Waals surface area contributed by atoms with E-state index in [0.29, 0.717) is 31.7 Å². The van der Waals surface area contributed by atoms with Crippen molar-refractivity contribution >= 4 is 17.7 Å². The Labute approximate surface area is 160 Å².